The van der Waals surface area contributed by atoms with Crippen LogP contribution in [-0.2, 0) is 4.74 Å². The third-order valence-corrected chi connectivity index (χ3v) is 3.62. The summed E-state index contributed by atoms with van der Waals surface area (Å²) in [5.41, 5.74) is -1.97. The number of ether oxygens (including phenoxy) is 2. The Hall–Kier alpha value is -1.78. The maximum Gasteiger partial charge on any atom is 0.269 e. The van der Waals surface area contributed by atoms with E-state index in [4.69, 9.17) is 9.47 Å². The number of hydrogen-bond acceptors (Lipinski definition) is 8. The molecule has 1 fully saturated rings. The van der Waals surface area contributed by atoms with Crippen LogP contribution in [0.5, 0.6) is 5.75 Å². The number of rotatable bonds is 4. The van der Waals surface area contributed by atoms with Crippen molar-refractivity contribution < 1.29 is 34.8 Å². The highest BCUT2D eigenvalue weighted by atomic mass is 16.7. The second kappa shape index (κ2) is 6.15. The Labute approximate surface area is 125 Å². The number of nitro benzene ring substituents is 1. The number of non-ortho nitro benzene ring substituents is 1. The molecular formula is C13H17NO8. The van der Waals surface area contributed by atoms with E-state index in [1.807, 2.05) is 0 Å². The molecule has 1 aliphatic heterocycles. The van der Waals surface area contributed by atoms with E-state index in [0.29, 0.717) is 0 Å². The Morgan fingerprint density at radius 1 is 1.36 bits per heavy atom. The molecule has 9 heteroatoms. The number of nitro groups is 1. The molecule has 1 aliphatic rings. The first-order valence-electron chi connectivity index (χ1n) is 6.53. The molecule has 22 heavy (non-hydrogen) atoms. The molecule has 0 saturated carbocycles. The van der Waals surface area contributed by atoms with Gasteiger partial charge in [-0.25, -0.2) is 0 Å². The van der Waals surface area contributed by atoms with E-state index in [2.05, 4.69) is 0 Å². The average molecular weight is 315 g/mol. The van der Waals surface area contributed by atoms with Crippen LogP contribution in [0, 0.1) is 10.1 Å². The van der Waals surface area contributed by atoms with Crippen molar-refractivity contribution in [3.63, 3.8) is 0 Å². The van der Waals surface area contributed by atoms with Gasteiger partial charge < -0.3 is 29.9 Å². The average Bonchev–Trinajstić information content (AvgIpc) is 2.48. The van der Waals surface area contributed by atoms with Crippen molar-refractivity contribution >= 4 is 5.69 Å². The predicted octanol–water partition coefficient (Wildman–Crippen LogP) is -0.836. The van der Waals surface area contributed by atoms with Crippen LogP contribution in [0.4, 0.5) is 5.69 Å². The van der Waals surface area contributed by atoms with E-state index in [1.54, 1.807) is 0 Å². The normalized spacial score (nSPS) is 35.1. The molecular weight excluding hydrogens is 298 g/mol. The van der Waals surface area contributed by atoms with E-state index in [9.17, 15) is 30.5 Å². The van der Waals surface area contributed by atoms with Gasteiger partial charge in [0.2, 0.25) is 6.29 Å². The maximum absolute atomic E-state index is 10.6. The molecule has 122 valence electrons. The van der Waals surface area contributed by atoms with Crippen molar-refractivity contribution in [2.75, 3.05) is 6.61 Å². The Morgan fingerprint density at radius 2 is 1.95 bits per heavy atom. The minimum atomic E-state index is -1.84. The van der Waals surface area contributed by atoms with Gasteiger partial charge in [0, 0.05) is 12.1 Å². The third-order valence-electron chi connectivity index (χ3n) is 3.62. The molecule has 0 bridgehead atoms. The first kappa shape index (κ1) is 16.6. The van der Waals surface area contributed by atoms with Crippen LogP contribution in [0.1, 0.15) is 6.92 Å². The molecule has 5 atom stereocenters. The second-order valence-electron chi connectivity index (χ2n) is 5.21. The molecule has 1 aromatic carbocycles. The highest BCUT2D eigenvalue weighted by Crippen LogP contribution is 2.31. The zero-order chi connectivity index (χ0) is 16.5. The van der Waals surface area contributed by atoms with Crippen molar-refractivity contribution in [2.45, 2.75) is 37.1 Å². The van der Waals surface area contributed by atoms with Crippen LogP contribution < -0.4 is 4.74 Å². The summed E-state index contributed by atoms with van der Waals surface area (Å²) < 4.78 is 10.6. The van der Waals surface area contributed by atoms with Gasteiger partial charge >= 0.3 is 0 Å². The van der Waals surface area contributed by atoms with Gasteiger partial charge in [0.05, 0.1) is 11.5 Å². The van der Waals surface area contributed by atoms with Gasteiger partial charge in [-0.3, -0.25) is 10.1 Å². The van der Waals surface area contributed by atoms with Crippen LogP contribution in [0.25, 0.3) is 0 Å². The molecule has 3 unspecified atom stereocenters. The Balaban J connectivity index is 2.13. The van der Waals surface area contributed by atoms with Gasteiger partial charge in [-0.05, 0) is 19.1 Å². The minimum absolute atomic E-state index is 0.131. The summed E-state index contributed by atoms with van der Waals surface area (Å²) in [5, 5.41) is 49.6. The number of hydrogen-bond donors (Lipinski definition) is 4. The zero-order valence-electron chi connectivity index (χ0n) is 11.7. The smallest absolute Gasteiger partial charge is 0.269 e. The predicted molar refractivity (Wildman–Crippen MR) is 72.1 cm³/mol. The monoisotopic (exact) mass is 315 g/mol. The van der Waals surface area contributed by atoms with Crippen LogP contribution in [0.2, 0.25) is 0 Å². The lowest BCUT2D eigenvalue weighted by atomic mass is 9.86. The van der Waals surface area contributed by atoms with Gasteiger partial charge in [0.1, 0.15) is 29.7 Å². The Bertz CT molecular complexity index is 527. The molecule has 2 rings (SSSR count). The number of aliphatic hydroxyl groups excluding tert-OH is 3. The largest absolute Gasteiger partial charge is 0.462 e. The quantitative estimate of drug-likeness (QED) is 0.416. The van der Waals surface area contributed by atoms with E-state index >= 15 is 0 Å². The van der Waals surface area contributed by atoms with Crippen molar-refractivity contribution in [2.24, 2.45) is 0 Å². The zero-order valence-corrected chi connectivity index (χ0v) is 11.7. The van der Waals surface area contributed by atoms with E-state index < -0.39 is 41.7 Å². The molecule has 0 aliphatic carbocycles. The van der Waals surface area contributed by atoms with Crippen LogP contribution in [0.15, 0.2) is 24.3 Å². The standard InChI is InChI=1S/C13H17NO8/c1-13(18)9(6-15)22-12(10(16)11(13)17)21-8-4-2-7(3-5-8)14(19)20/h2-5,9-12,15-18H,6H2,1H3/t9?,10?,11?,12-,13+/m0/s1. The molecule has 1 aromatic rings. The van der Waals surface area contributed by atoms with E-state index in [-0.39, 0.29) is 11.4 Å². The Morgan fingerprint density at radius 3 is 2.45 bits per heavy atom. The molecule has 9 nitrogen and oxygen atoms in total. The highest BCUT2D eigenvalue weighted by molar-refractivity contribution is 5.36. The van der Waals surface area contributed by atoms with Crippen molar-refractivity contribution in [1.82, 2.24) is 0 Å². The molecule has 0 spiro atoms. The first-order chi connectivity index (χ1) is 10.3. The number of aliphatic hydroxyl groups is 4. The molecule has 4 N–H and O–H groups in total. The fraction of sp³-hybridized carbons (Fsp3) is 0.538. The summed E-state index contributed by atoms with van der Waals surface area (Å²) in [6.07, 6.45) is -5.66. The van der Waals surface area contributed by atoms with E-state index in [0.717, 1.165) is 0 Å². The topological polar surface area (TPSA) is 143 Å². The lowest BCUT2D eigenvalue weighted by Gasteiger charge is -2.45. The molecule has 0 amide bonds. The van der Waals surface area contributed by atoms with Gasteiger partial charge in [-0.15, -0.1) is 0 Å². The fourth-order valence-corrected chi connectivity index (χ4v) is 2.17. The van der Waals surface area contributed by atoms with Crippen LogP contribution >= 0.6 is 0 Å². The second-order valence-corrected chi connectivity index (χ2v) is 5.21. The van der Waals surface area contributed by atoms with Crippen molar-refractivity contribution in [3.8, 4) is 5.75 Å². The van der Waals surface area contributed by atoms with Crippen molar-refractivity contribution in [3.05, 3.63) is 34.4 Å². The first-order valence-corrected chi connectivity index (χ1v) is 6.53. The lowest BCUT2D eigenvalue weighted by molar-refractivity contribution is -0.384. The summed E-state index contributed by atoms with van der Waals surface area (Å²) in [6.45, 7) is 0.640. The van der Waals surface area contributed by atoms with E-state index in [1.165, 1.54) is 31.2 Å². The minimum Gasteiger partial charge on any atom is -0.462 e. The number of benzene rings is 1. The summed E-state index contributed by atoms with van der Waals surface area (Å²) in [4.78, 5) is 9.99. The van der Waals surface area contributed by atoms with Crippen molar-refractivity contribution in [1.29, 1.82) is 0 Å². The summed E-state index contributed by atoms with van der Waals surface area (Å²) >= 11 is 0. The van der Waals surface area contributed by atoms with Crippen LogP contribution in [0.3, 0.4) is 0 Å². The number of nitrogens with zero attached hydrogens (tertiary/aromatic N) is 1. The highest BCUT2D eigenvalue weighted by Gasteiger charge is 2.52. The van der Waals surface area contributed by atoms with Gasteiger partial charge in [-0.2, -0.15) is 0 Å². The van der Waals surface area contributed by atoms with Gasteiger partial charge in [0.25, 0.3) is 5.69 Å². The molecule has 0 radical (unpaired) electrons. The SMILES string of the molecule is C[C@@]1(O)C(CO)O[C@H](Oc2ccc([N+](=O)[O-])cc2)C(O)C1O. The summed E-state index contributed by atoms with van der Waals surface area (Å²) in [7, 11) is 0. The molecule has 0 aromatic heterocycles. The van der Waals surface area contributed by atoms with Gasteiger partial charge in [0.15, 0.2) is 0 Å². The molecule has 1 saturated heterocycles. The van der Waals surface area contributed by atoms with Gasteiger partial charge in [-0.1, -0.05) is 0 Å². The Kier molecular flexibility index (Phi) is 4.63. The lowest BCUT2D eigenvalue weighted by Crippen LogP contribution is -2.66. The summed E-state index contributed by atoms with van der Waals surface area (Å²) in [5.74, 6) is 0.167. The maximum atomic E-state index is 10.6. The molecule has 1 heterocycles. The van der Waals surface area contributed by atoms with Crippen LogP contribution in [-0.4, -0.2) is 62.2 Å². The summed E-state index contributed by atoms with van der Waals surface area (Å²) in [6, 6.07) is 5.03. The fourth-order valence-electron chi connectivity index (χ4n) is 2.17. The third kappa shape index (κ3) is 3.03.